The second-order valence-electron chi connectivity index (χ2n) is 4.42. The number of nitrogens with one attached hydrogen (secondary N) is 1. The van der Waals surface area contributed by atoms with Crippen LogP contribution in [-0.4, -0.2) is 42.7 Å². The summed E-state index contributed by atoms with van der Waals surface area (Å²) in [6.45, 7) is -0.569. The third-order valence-electron chi connectivity index (χ3n) is 2.89. The standard InChI is InChI=1S/C12H10F4N2O4/c13-7-1-5(2-8(14)9(7)19)18-4-6(22-12(18)21)3-17-11(20)10(15)16/h1-2,6,10,19H,3-4H2,(H,17,20)/t6-/m0/s1. The van der Waals surface area contributed by atoms with Crippen molar-refractivity contribution >= 4 is 17.7 Å². The molecule has 0 saturated carbocycles. The van der Waals surface area contributed by atoms with Crippen LogP contribution >= 0.6 is 0 Å². The maximum atomic E-state index is 13.3. The zero-order chi connectivity index (χ0) is 16.4. The Labute approximate surface area is 121 Å². The third kappa shape index (κ3) is 3.21. The van der Waals surface area contributed by atoms with Crippen LogP contribution in [0.2, 0.25) is 0 Å². The highest BCUT2D eigenvalue weighted by Gasteiger charge is 2.34. The van der Waals surface area contributed by atoms with E-state index in [2.05, 4.69) is 0 Å². The fourth-order valence-electron chi connectivity index (χ4n) is 1.84. The summed E-state index contributed by atoms with van der Waals surface area (Å²) >= 11 is 0. The SMILES string of the molecule is O=C(NC[C@H]1CN(c2cc(F)c(O)c(F)c2)C(=O)O1)C(F)F. The fourth-order valence-corrected chi connectivity index (χ4v) is 1.84. The molecule has 120 valence electrons. The van der Waals surface area contributed by atoms with Crippen molar-refractivity contribution in [1.82, 2.24) is 5.32 Å². The number of cyclic esters (lactones) is 1. The summed E-state index contributed by atoms with van der Waals surface area (Å²) < 4.78 is 55.3. The monoisotopic (exact) mass is 322 g/mol. The third-order valence-corrected chi connectivity index (χ3v) is 2.89. The first kappa shape index (κ1) is 15.9. The highest BCUT2D eigenvalue weighted by Crippen LogP contribution is 2.29. The van der Waals surface area contributed by atoms with Crippen LogP contribution in [0.4, 0.5) is 28.0 Å². The van der Waals surface area contributed by atoms with Gasteiger partial charge in [-0.1, -0.05) is 0 Å². The van der Waals surface area contributed by atoms with Crippen molar-refractivity contribution in [3.63, 3.8) is 0 Å². The zero-order valence-corrected chi connectivity index (χ0v) is 10.9. The number of nitrogens with zero attached hydrogens (tertiary/aromatic N) is 1. The molecular weight excluding hydrogens is 312 g/mol. The molecule has 1 aromatic carbocycles. The average molecular weight is 322 g/mol. The molecule has 0 bridgehead atoms. The minimum Gasteiger partial charge on any atom is -0.503 e. The molecule has 1 saturated heterocycles. The molecule has 1 atom stereocenters. The van der Waals surface area contributed by atoms with Gasteiger partial charge in [0.1, 0.15) is 6.10 Å². The molecule has 1 fully saturated rings. The average Bonchev–Trinajstić information content (AvgIpc) is 2.82. The van der Waals surface area contributed by atoms with Gasteiger partial charge in [-0.25, -0.2) is 13.6 Å². The second kappa shape index (κ2) is 6.08. The normalized spacial score (nSPS) is 17.8. The van der Waals surface area contributed by atoms with Crippen molar-refractivity contribution in [2.24, 2.45) is 0 Å². The molecule has 0 radical (unpaired) electrons. The minimum absolute atomic E-state index is 0.202. The Bertz CT molecular complexity index is 588. The second-order valence-corrected chi connectivity index (χ2v) is 4.42. The predicted molar refractivity (Wildman–Crippen MR) is 64.7 cm³/mol. The van der Waals surface area contributed by atoms with E-state index < -0.39 is 41.9 Å². The lowest BCUT2D eigenvalue weighted by atomic mass is 10.2. The number of ether oxygens (including phenoxy) is 1. The van der Waals surface area contributed by atoms with E-state index in [1.165, 1.54) is 0 Å². The van der Waals surface area contributed by atoms with Gasteiger partial charge in [-0.15, -0.1) is 0 Å². The molecule has 1 aromatic rings. The van der Waals surface area contributed by atoms with E-state index in [9.17, 15) is 27.2 Å². The molecule has 0 aliphatic carbocycles. The van der Waals surface area contributed by atoms with Gasteiger partial charge >= 0.3 is 12.5 Å². The molecular formula is C12H10F4N2O4. The number of carbonyl (C=O) groups excluding carboxylic acids is 2. The summed E-state index contributed by atoms with van der Waals surface area (Å²) in [4.78, 5) is 23.2. The van der Waals surface area contributed by atoms with E-state index in [0.29, 0.717) is 0 Å². The van der Waals surface area contributed by atoms with Gasteiger partial charge in [0.15, 0.2) is 17.4 Å². The molecule has 1 aliphatic heterocycles. The molecule has 1 aliphatic rings. The van der Waals surface area contributed by atoms with Crippen molar-refractivity contribution in [3.8, 4) is 5.75 Å². The first-order valence-corrected chi connectivity index (χ1v) is 6.01. The number of hydrogen-bond donors (Lipinski definition) is 2. The summed E-state index contributed by atoms with van der Waals surface area (Å²) in [6.07, 6.45) is -5.11. The van der Waals surface area contributed by atoms with Crippen molar-refractivity contribution in [2.75, 3.05) is 18.0 Å². The van der Waals surface area contributed by atoms with Crippen molar-refractivity contribution in [2.45, 2.75) is 12.5 Å². The Morgan fingerprint density at radius 1 is 1.41 bits per heavy atom. The van der Waals surface area contributed by atoms with E-state index in [4.69, 9.17) is 9.84 Å². The number of benzene rings is 1. The molecule has 6 nitrogen and oxygen atoms in total. The molecule has 0 unspecified atom stereocenters. The number of anilines is 1. The van der Waals surface area contributed by atoms with E-state index >= 15 is 0 Å². The molecule has 0 aromatic heterocycles. The first-order chi connectivity index (χ1) is 10.3. The maximum absolute atomic E-state index is 13.3. The van der Waals surface area contributed by atoms with E-state index in [-0.39, 0.29) is 18.8 Å². The lowest BCUT2D eigenvalue weighted by molar-refractivity contribution is -0.132. The molecule has 2 amide bonds. The van der Waals surface area contributed by atoms with Gasteiger partial charge in [0.2, 0.25) is 0 Å². The Morgan fingerprint density at radius 3 is 2.55 bits per heavy atom. The highest BCUT2D eigenvalue weighted by atomic mass is 19.3. The van der Waals surface area contributed by atoms with Gasteiger partial charge in [0.05, 0.1) is 18.8 Å². The Balaban J connectivity index is 2.05. The predicted octanol–water partition coefficient (Wildman–Crippen LogP) is 1.38. The summed E-state index contributed by atoms with van der Waals surface area (Å²) in [7, 11) is 0. The number of alkyl halides is 2. The summed E-state index contributed by atoms with van der Waals surface area (Å²) in [5.41, 5.74) is -0.208. The van der Waals surface area contributed by atoms with Crippen LogP contribution in [0.1, 0.15) is 0 Å². The molecule has 10 heteroatoms. The molecule has 0 spiro atoms. The van der Waals surface area contributed by atoms with E-state index in [1.54, 1.807) is 0 Å². The van der Waals surface area contributed by atoms with Gasteiger partial charge in [-0.2, -0.15) is 8.78 Å². The topological polar surface area (TPSA) is 78.9 Å². The summed E-state index contributed by atoms with van der Waals surface area (Å²) in [5.74, 6) is -5.23. The van der Waals surface area contributed by atoms with Gasteiger partial charge in [0, 0.05) is 12.1 Å². The van der Waals surface area contributed by atoms with E-state index in [1.807, 2.05) is 5.32 Å². The Morgan fingerprint density at radius 2 is 2.00 bits per heavy atom. The highest BCUT2D eigenvalue weighted by molar-refractivity contribution is 5.90. The lowest BCUT2D eigenvalue weighted by Crippen LogP contribution is -2.37. The Kier molecular flexibility index (Phi) is 4.38. The van der Waals surface area contributed by atoms with Gasteiger partial charge in [-0.3, -0.25) is 9.69 Å². The van der Waals surface area contributed by atoms with Crippen molar-refractivity contribution < 1.29 is 37.0 Å². The van der Waals surface area contributed by atoms with Gasteiger partial charge in [-0.05, 0) is 0 Å². The lowest BCUT2D eigenvalue weighted by Gasteiger charge is -2.14. The van der Waals surface area contributed by atoms with Gasteiger partial charge < -0.3 is 15.2 Å². The zero-order valence-electron chi connectivity index (χ0n) is 10.9. The first-order valence-electron chi connectivity index (χ1n) is 6.01. The molecule has 1 heterocycles. The number of carbonyl (C=O) groups is 2. The molecule has 22 heavy (non-hydrogen) atoms. The number of rotatable bonds is 4. The van der Waals surface area contributed by atoms with Crippen LogP contribution in [-0.2, 0) is 9.53 Å². The molecule has 2 N–H and O–H groups in total. The smallest absolute Gasteiger partial charge is 0.414 e. The van der Waals surface area contributed by atoms with Crippen LogP contribution in [0.5, 0.6) is 5.75 Å². The van der Waals surface area contributed by atoms with E-state index in [0.717, 1.165) is 17.0 Å². The van der Waals surface area contributed by atoms with Crippen LogP contribution in [0, 0.1) is 11.6 Å². The van der Waals surface area contributed by atoms with Crippen LogP contribution < -0.4 is 10.2 Å². The number of phenolic OH excluding ortho intramolecular Hbond substituents is 1. The van der Waals surface area contributed by atoms with Crippen molar-refractivity contribution in [3.05, 3.63) is 23.8 Å². The maximum Gasteiger partial charge on any atom is 0.414 e. The molecule has 2 rings (SSSR count). The quantitative estimate of drug-likeness (QED) is 0.821. The summed E-state index contributed by atoms with van der Waals surface area (Å²) in [5, 5.41) is 10.9. The fraction of sp³-hybridized carbons (Fsp3) is 0.333. The number of amides is 2. The van der Waals surface area contributed by atoms with Crippen LogP contribution in [0.15, 0.2) is 12.1 Å². The largest absolute Gasteiger partial charge is 0.503 e. The van der Waals surface area contributed by atoms with Gasteiger partial charge in [0.25, 0.3) is 5.91 Å². The number of phenols is 1. The van der Waals surface area contributed by atoms with Crippen LogP contribution in [0.25, 0.3) is 0 Å². The Hall–Kier alpha value is -2.52. The number of aromatic hydroxyl groups is 1. The van der Waals surface area contributed by atoms with Crippen molar-refractivity contribution in [1.29, 1.82) is 0 Å². The summed E-state index contributed by atoms with van der Waals surface area (Å²) in [6, 6.07) is 1.44. The number of halogens is 4. The van der Waals surface area contributed by atoms with Crippen LogP contribution in [0.3, 0.4) is 0 Å². The number of hydrogen-bond acceptors (Lipinski definition) is 4. The minimum atomic E-state index is -3.20.